The summed E-state index contributed by atoms with van der Waals surface area (Å²) in [5.74, 6) is 1.65. The van der Waals surface area contributed by atoms with Gasteiger partial charge in [-0.25, -0.2) is 0 Å². The van der Waals surface area contributed by atoms with Crippen LogP contribution in [-0.2, 0) is 11.3 Å². The Kier molecular flexibility index (Phi) is 5.18. The van der Waals surface area contributed by atoms with E-state index in [1.807, 2.05) is 40.9 Å². The van der Waals surface area contributed by atoms with Crippen LogP contribution in [0.15, 0.2) is 36.5 Å². The van der Waals surface area contributed by atoms with Crippen LogP contribution < -0.4 is 4.74 Å². The van der Waals surface area contributed by atoms with Gasteiger partial charge in [0.2, 0.25) is 5.91 Å². The summed E-state index contributed by atoms with van der Waals surface area (Å²) >= 11 is 0. The quantitative estimate of drug-likeness (QED) is 0.848. The highest BCUT2D eigenvalue weighted by atomic mass is 16.5. The zero-order valence-electron chi connectivity index (χ0n) is 14.4. The van der Waals surface area contributed by atoms with E-state index in [1.165, 1.54) is 5.56 Å². The first-order valence-corrected chi connectivity index (χ1v) is 8.58. The Morgan fingerprint density at radius 2 is 2.00 bits per heavy atom. The molecule has 1 aliphatic rings. The number of benzene rings is 1. The highest BCUT2D eigenvalue weighted by molar-refractivity contribution is 5.76. The van der Waals surface area contributed by atoms with Gasteiger partial charge in [0.05, 0.1) is 12.8 Å². The van der Waals surface area contributed by atoms with Crippen molar-refractivity contribution in [1.82, 2.24) is 14.7 Å². The lowest BCUT2D eigenvalue weighted by atomic mass is 9.88. The van der Waals surface area contributed by atoms with Crippen molar-refractivity contribution in [2.24, 2.45) is 0 Å². The summed E-state index contributed by atoms with van der Waals surface area (Å²) in [6.07, 6.45) is 4.43. The van der Waals surface area contributed by atoms with Gasteiger partial charge in [-0.1, -0.05) is 18.2 Å². The Bertz CT molecular complexity index is 687. The number of carbonyl (C=O) groups excluding carboxylic acids is 1. The third kappa shape index (κ3) is 3.78. The topological polar surface area (TPSA) is 47.4 Å². The van der Waals surface area contributed by atoms with Gasteiger partial charge >= 0.3 is 0 Å². The lowest BCUT2D eigenvalue weighted by Crippen LogP contribution is -2.38. The van der Waals surface area contributed by atoms with Crippen molar-refractivity contribution in [1.29, 1.82) is 0 Å². The maximum Gasteiger partial charge on any atom is 0.224 e. The second-order valence-electron chi connectivity index (χ2n) is 6.37. The molecule has 3 rings (SSSR count). The van der Waals surface area contributed by atoms with E-state index in [-0.39, 0.29) is 5.91 Å². The number of methoxy groups -OCH3 is 1. The second-order valence-corrected chi connectivity index (χ2v) is 6.37. The van der Waals surface area contributed by atoms with Crippen LogP contribution in [0.1, 0.15) is 36.4 Å². The molecular formula is C19H25N3O2. The van der Waals surface area contributed by atoms with Crippen LogP contribution in [0.5, 0.6) is 5.75 Å². The third-order valence-corrected chi connectivity index (χ3v) is 4.76. The monoisotopic (exact) mass is 327 g/mol. The van der Waals surface area contributed by atoms with E-state index in [0.29, 0.717) is 18.9 Å². The number of amides is 1. The molecule has 1 saturated heterocycles. The zero-order chi connectivity index (χ0) is 16.9. The minimum atomic E-state index is 0.224. The predicted octanol–water partition coefficient (Wildman–Crippen LogP) is 3.00. The lowest BCUT2D eigenvalue weighted by Gasteiger charge is -2.32. The van der Waals surface area contributed by atoms with Crippen molar-refractivity contribution in [2.45, 2.75) is 38.6 Å². The van der Waals surface area contributed by atoms with E-state index in [4.69, 9.17) is 4.74 Å². The molecule has 1 amide bonds. The van der Waals surface area contributed by atoms with Gasteiger partial charge in [-0.3, -0.25) is 9.48 Å². The lowest BCUT2D eigenvalue weighted by molar-refractivity contribution is -0.132. The van der Waals surface area contributed by atoms with Gasteiger partial charge in [0.1, 0.15) is 5.75 Å². The van der Waals surface area contributed by atoms with E-state index in [1.54, 1.807) is 7.11 Å². The summed E-state index contributed by atoms with van der Waals surface area (Å²) < 4.78 is 7.31. The van der Waals surface area contributed by atoms with Gasteiger partial charge < -0.3 is 9.64 Å². The van der Waals surface area contributed by atoms with Gasteiger partial charge in [-0.05, 0) is 43.4 Å². The number of hydrogen-bond acceptors (Lipinski definition) is 3. The molecule has 5 nitrogen and oxygen atoms in total. The number of piperidine rings is 1. The second kappa shape index (κ2) is 7.51. The molecule has 1 aromatic heterocycles. The highest BCUT2D eigenvalue weighted by Crippen LogP contribution is 2.34. The molecule has 2 aromatic rings. The first-order chi connectivity index (χ1) is 11.7. The van der Waals surface area contributed by atoms with Crippen LogP contribution in [0, 0.1) is 6.92 Å². The van der Waals surface area contributed by atoms with E-state index in [2.05, 4.69) is 17.2 Å². The van der Waals surface area contributed by atoms with Crippen molar-refractivity contribution in [3.05, 3.63) is 47.8 Å². The Labute approximate surface area is 143 Å². The van der Waals surface area contributed by atoms with E-state index >= 15 is 0 Å². The first kappa shape index (κ1) is 16.6. The molecule has 0 N–H and O–H groups in total. The van der Waals surface area contributed by atoms with Crippen molar-refractivity contribution in [2.75, 3.05) is 20.2 Å². The van der Waals surface area contributed by atoms with Crippen LogP contribution in [0.2, 0.25) is 0 Å². The minimum absolute atomic E-state index is 0.224. The molecule has 5 heteroatoms. The predicted molar refractivity (Wildman–Crippen MR) is 93.1 cm³/mol. The molecule has 0 saturated carbocycles. The molecule has 1 aliphatic heterocycles. The average Bonchev–Trinajstić information content (AvgIpc) is 3.05. The van der Waals surface area contributed by atoms with Gasteiger partial charge in [0.25, 0.3) is 0 Å². The van der Waals surface area contributed by atoms with Crippen molar-refractivity contribution in [3.8, 4) is 5.75 Å². The Morgan fingerprint density at radius 1 is 1.25 bits per heavy atom. The minimum Gasteiger partial charge on any atom is -0.496 e. The number of ether oxygens (including phenoxy) is 1. The Balaban J connectivity index is 1.52. The van der Waals surface area contributed by atoms with Crippen LogP contribution in [-0.4, -0.2) is 40.8 Å². The summed E-state index contributed by atoms with van der Waals surface area (Å²) in [6, 6.07) is 10.2. The maximum absolute atomic E-state index is 12.4. The first-order valence-electron chi connectivity index (χ1n) is 8.58. The highest BCUT2D eigenvalue weighted by Gasteiger charge is 2.25. The van der Waals surface area contributed by atoms with Crippen molar-refractivity contribution < 1.29 is 9.53 Å². The summed E-state index contributed by atoms with van der Waals surface area (Å²) in [5.41, 5.74) is 2.25. The Hall–Kier alpha value is -2.30. The normalized spacial score (nSPS) is 15.5. The molecular weight excluding hydrogens is 302 g/mol. The molecule has 1 fully saturated rings. The fraction of sp³-hybridized carbons (Fsp3) is 0.474. The number of hydrogen-bond donors (Lipinski definition) is 0. The van der Waals surface area contributed by atoms with Gasteiger partial charge in [0.15, 0.2) is 0 Å². The maximum atomic E-state index is 12.4. The number of rotatable bonds is 5. The van der Waals surface area contributed by atoms with Gasteiger partial charge in [-0.2, -0.15) is 5.10 Å². The van der Waals surface area contributed by atoms with Crippen LogP contribution in [0.4, 0.5) is 0 Å². The van der Waals surface area contributed by atoms with Gasteiger partial charge in [-0.15, -0.1) is 0 Å². The van der Waals surface area contributed by atoms with Crippen molar-refractivity contribution in [3.63, 3.8) is 0 Å². The molecule has 0 spiro atoms. The smallest absolute Gasteiger partial charge is 0.224 e. The largest absolute Gasteiger partial charge is 0.496 e. The summed E-state index contributed by atoms with van der Waals surface area (Å²) in [4.78, 5) is 14.4. The molecule has 0 radical (unpaired) electrons. The average molecular weight is 327 g/mol. The molecule has 0 unspecified atom stereocenters. The van der Waals surface area contributed by atoms with Crippen LogP contribution >= 0.6 is 0 Å². The summed E-state index contributed by atoms with van der Waals surface area (Å²) in [7, 11) is 1.72. The fourth-order valence-electron chi connectivity index (χ4n) is 3.40. The molecule has 0 aliphatic carbocycles. The number of likely N-dealkylation sites (tertiary alicyclic amines) is 1. The van der Waals surface area contributed by atoms with Crippen LogP contribution in [0.25, 0.3) is 0 Å². The summed E-state index contributed by atoms with van der Waals surface area (Å²) in [6.45, 7) is 4.25. The van der Waals surface area contributed by atoms with Crippen molar-refractivity contribution >= 4 is 5.91 Å². The zero-order valence-corrected chi connectivity index (χ0v) is 14.4. The van der Waals surface area contributed by atoms with E-state index in [9.17, 15) is 4.79 Å². The number of aryl methyl sites for hydroxylation is 2. The van der Waals surface area contributed by atoms with E-state index < -0.39 is 0 Å². The number of carbonyl (C=O) groups is 1. The number of nitrogens with zero attached hydrogens (tertiary/aromatic N) is 3. The Morgan fingerprint density at radius 3 is 2.67 bits per heavy atom. The molecule has 0 atom stereocenters. The van der Waals surface area contributed by atoms with Gasteiger partial charge in [0, 0.05) is 32.3 Å². The molecule has 2 heterocycles. The van der Waals surface area contributed by atoms with E-state index in [0.717, 1.165) is 37.4 Å². The number of aromatic nitrogens is 2. The SMILES string of the molecule is COc1ccccc1C1CCN(C(=O)CCn2ccc(C)n2)CC1. The molecule has 24 heavy (non-hydrogen) atoms. The summed E-state index contributed by atoms with van der Waals surface area (Å²) in [5, 5.41) is 4.33. The molecule has 0 bridgehead atoms. The van der Waals surface area contributed by atoms with Crippen LogP contribution in [0.3, 0.4) is 0 Å². The molecule has 128 valence electrons. The standard InChI is InChI=1S/C19H25N3O2/c1-15-7-13-22(20-15)14-10-19(23)21-11-8-16(9-12-21)17-5-3-4-6-18(17)24-2/h3-7,13,16H,8-12,14H2,1-2H3. The number of para-hydroxylation sites is 1. The fourth-order valence-corrected chi connectivity index (χ4v) is 3.40. The molecule has 1 aromatic carbocycles. The third-order valence-electron chi connectivity index (χ3n) is 4.76.